The molecule has 0 bridgehead atoms. The van der Waals surface area contributed by atoms with Gasteiger partial charge in [0.2, 0.25) is 5.91 Å². The Balaban J connectivity index is 1.62. The Morgan fingerprint density at radius 3 is 2.96 bits per heavy atom. The van der Waals surface area contributed by atoms with Gasteiger partial charge in [0.05, 0.1) is 5.75 Å². The Morgan fingerprint density at radius 1 is 1.43 bits per heavy atom. The van der Waals surface area contributed by atoms with Crippen molar-refractivity contribution in [2.45, 2.75) is 57.9 Å². The monoisotopic (exact) mass is 416 g/mol. The predicted octanol–water partition coefficient (Wildman–Crippen LogP) is 4.97. The summed E-state index contributed by atoms with van der Waals surface area (Å²) in [6.07, 6.45) is 3.38. The number of anilines is 1. The molecule has 0 unspecified atom stereocenters. The number of hydrogen-bond acceptors (Lipinski definition) is 7. The number of aromatic nitrogens is 3. The molecular formula is C20H24N4O2S2. The van der Waals surface area contributed by atoms with Crippen LogP contribution in [0.15, 0.2) is 15.6 Å². The molecule has 0 saturated heterocycles. The maximum atomic E-state index is 12.4. The molecule has 0 aliphatic heterocycles. The molecular weight excluding hydrogens is 392 g/mol. The van der Waals surface area contributed by atoms with E-state index in [4.69, 9.17) is 14.5 Å². The number of nitrogens with one attached hydrogen (secondary N) is 1. The minimum atomic E-state index is -0.117. The van der Waals surface area contributed by atoms with Crippen molar-refractivity contribution in [3.05, 3.63) is 28.1 Å². The summed E-state index contributed by atoms with van der Waals surface area (Å²) in [6.45, 7) is 8.31. The molecule has 0 spiro atoms. The topological polar surface area (TPSA) is 80.9 Å². The van der Waals surface area contributed by atoms with Gasteiger partial charge in [-0.25, -0.2) is 9.97 Å². The molecule has 28 heavy (non-hydrogen) atoms. The SMILES string of the molecule is Cc1cc(NC(=O)CSc2nc(C(C)C)nc3sc4c(c23)CC[C@@H](C)C4)no1. The highest BCUT2D eigenvalue weighted by atomic mass is 32.2. The number of thiophene rings is 1. The standard InChI is InChI=1S/C20H24N4O2S2/c1-10(2)18-22-19(27-9-16(25)21-15-8-12(4)26-24-15)17-13-6-5-11(3)7-14(13)28-20(17)23-18/h8,10-11H,5-7,9H2,1-4H3,(H,21,24,25)/t11-/m1/s1. The first-order chi connectivity index (χ1) is 13.4. The third-order valence-corrected chi connectivity index (χ3v) is 7.01. The van der Waals surface area contributed by atoms with Gasteiger partial charge in [-0.05, 0) is 37.7 Å². The molecule has 0 fully saturated rings. The zero-order chi connectivity index (χ0) is 19.8. The Bertz CT molecular complexity index is 1020. The molecule has 1 aliphatic rings. The van der Waals surface area contributed by atoms with E-state index in [1.807, 2.05) is 0 Å². The van der Waals surface area contributed by atoms with E-state index in [0.717, 1.165) is 33.9 Å². The first-order valence-corrected chi connectivity index (χ1v) is 11.4. The van der Waals surface area contributed by atoms with Crippen LogP contribution in [0.3, 0.4) is 0 Å². The van der Waals surface area contributed by atoms with Crippen LogP contribution in [0.1, 0.15) is 55.1 Å². The van der Waals surface area contributed by atoms with Crippen molar-refractivity contribution < 1.29 is 9.32 Å². The number of hydrogen-bond donors (Lipinski definition) is 1. The lowest BCUT2D eigenvalue weighted by Crippen LogP contribution is -2.14. The van der Waals surface area contributed by atoms with E-state index in [9.17, 15) is 4.79 Å². The maximum Gasteiger partial charge on any atom is 0.236 e. The Hall–Kier alpha value is -1.93. The lowest BCUT2D eigenvalue weighted by atomic mass is 9.89. The fourth-order valence-electron chi connectivity index (χ4n) is 3.43. The number of nitrogens with zero attached hydrogens (tertiary/aromatic N) is 3. The van der Waals surface area contributed by atoms with Crippen molar-refractivity contribution in [1.29, 1.82) is 0 Å². The van der Waals surface area contributed by atoms with Gasteiger partial charge in [-0.1, -0.05) is 37.7 Å². The van der Waals surface area contributed by atoms with Crippen molar-refractivity contribution in [2.75, 3.05) is 11.1 Å². The Morgan fingerprint density at radius 2 is 2.25 bits per heavy atom. The molecule has 0 saturated carbocycles. The van der Waals surface area contributed by atoms with E-state index in [2.05, 4.69) is 31.2 Å². The highest BCUT2D eigenvalue weighted by Gasteiger charge is 2.25. The van der Waals surface area contributed by atoms with Gasteiger partial charge in [-0.2, -0.15) is 0 Å². The summed E-state index contributed by atoms with van der Waals surface area (Å²) >= 11 is 3.28. The van der Waals surface area contributed by atoms with Crippen molar-refractivity contribution in [1.82, 2.24) is 15.1 Å². The van der Waals surface area contributed by atoms with Crippen LogP contribution >= 0.6 is 23.1 Å². The van der Waals surface area contributed by atoms with Crippen molar-refractivity contribution in [2.24, 2.45) is 5.92 Å². The Labute approximate surface area is 172 Å². The van der Waals surface area contributed by atoms with E-state index >= 15 is 0 Å². The number of amides is 1. The average molecular weight is 417 g/mol. The molecule has 6 nitrogen and oxygen atoms in total. The first kappa shape index (κ1) is 19.4. The summed E-state index contributed by atoms with van der Waals surface area (Å²) in [5.41, 5.74) is 1.39. The van der Waals surface area contributed by atoms with Gasteiger partial charge in [-0.15, -0.1) is 11.3 Å². The summed E-state index contributed by atoms with van der Waals surface area (Å²) in [5.74, 6) is 3.07. The van der Waals surface area contributed by atoms with Crippen LogP contribution < -0.4 is 5.32 Å². The van der Waals surface area contributed by atoms with Gasteiger partial charge in [-0.3, -0.25) is 4.79 Å². The number of fused-ring (bicyclic) bond motifs is 3. The zero-order valence-electron chi connectivity index (χ0n) is 16.5. The molecule has 3 aromatic rings. The normalized spacial score (nSPS) is 16.5. The average Bonchev–Trinajstić information content (AvgIpc) is 3.21. The third-order valence-electron chi connectivity index (χ3n) is 4.89. The summed E-state index contributed by atoms with van der Waals surface area (Å²) < 4.78 is 5.00. The summed E-state index contributed by atoms with van der Waals surface area (Å²) in [7, 11) is 0. The van der Waals surface area contributed by atoms with Gasteiger partial charge < -0.3 is 9.84 Å². The van der Waals surface area contributed by atoms with Crippen molar-refractivity contribution in [3.63, 3.8) is 0 Å². The molecule has 3 heterocycles. The van der Waals surface area contributed by atoms with Gasteiger partial charge in [0.1, 0.15) is 21.4 Å². The molecule has 1 amide bonds. The molecule has 0 aromatic carbocycles. The number of thioether (sulfide) groups is 1. The smallest absolute Gasteiger partial charge is 0.236 e. The van der Waals surface area contributed by atoms with Gasteiger partial charge in [0.25, 0.3) is 0 Å². The lowest BCUT2D eigenvalue weighted by Gasteiger charge is -2.18. The zero-order valence-corrected chi connectivity index (χ0v) is 18.2. The predicted molar refractivity (Wildman–Crippen MR) is 113 cm³/mol. The van der Waals surface area contributed by atoms with E-state index in [0.29, 0.717) is 17.5 Å². The molecule has 8 heteroatoms. The highest BCUT2D eigenvalue weighted by Crippen LogP contribution is 2.41. The van der Waals surface area contributed by atoms with Crippen LogP contribution in [0.4, 0.5) is 5.82 Å². The van der Waals surface area contributed by atoms with Crippen LogP contribution in [0.2, 0.25) is 0 Å². The van der Waals surface area contributed by atoms with Crippen LogP contribution in [0.5, 0.6) is 0 Å². The fourth-order valence-corrected chi connectivity index (χ4v) is 5.74. The van der Waals surface area contributed by atoms with Crippen molar-refractivity contribution >= 4 is 45.0 Å². The molecule has 1 atom stereocenters. The van der Waals surface area contributed by atoms with E-state index < -0.39 is 0 Å². The van der Waals surface area contributed by atoms with Gasteiger partial charge in [0, 0.05) is 22.2 Å². The van der Waals surface area contributed by atoms with E-state index in [-0.39, 0.29) is 17.6 Å². The second-order valence-corrected chi connectivity index (χ2v) is 9.78. The summed E-state index contributed by atoms with van der Waals surface area (Å²) in [4.78, 5) is 24.5. The van der Waals surface area contributed by atoms with Gasteiger partial charge in [0.15, 0.2) is 5.82 Å². The van der Waals surface area contributed by atoms with E-state index in [1.165, 1.54) is 28.6 Å². The minimum absolute atomic E-state index is 0.117. The molecule has 3 aromatic heterocycles. The van der Waals surface area contributed by atoms with Gasteiger partial charge >= 0.3 is 0 Å². The maximum absolute atomic E-state index is 12.4. The van der Waals surface area contributed by atoms with E-state index in [1.54, 1.807) is 24.3 Å². The molecule has 4 rings (SSSR count). The molecule has 148 valence electrons. The molecule has 1 N–H and O–H groups in total. The minimum Gasteiger partial charge on any atom is -0.360 e. The Kier molecular flexibility index (Phi) is 5.42. The molecule has 1 aliphatic carbocycles. The quantitative estimate of drug-likeness (QED) is 0.467. The lowest BCUT2D eigenvalue weighted by molar-refractivity contribution is -0.113. The van der Waals surface area contributed by atoms with Crippen LogP contribution in [0, 0.1) is 12.8 Å². The van der Waals surface area contributed by atoms with Crippen LogP contribution in [-0.2, 0) is 17.6 Å². The van der Waals surface area contributed by atoms with Crippen molar-refractivity contribution in [3.8, 4) is 0 Å². The third kappa shape index (κ3) is 3.93. The summed E-state index contributed by atoms with van der Waals surface area (Å²) in [6, 6.07) is 1.71. The number of rotatable bonds is 5. The number of carbonyl (C=O) groups is 1. The second kappa shape index (κ2) is 7.83. The number of aryl methyl sites for hydroxylation is 2. The van der Waals surface area contributed by atoms with Crippen LogP contribution in [-0.4, -0.2) is 26.8 Å². The molecule has 0 radical (unpaired) electrons. The summed E-state index contributed by atoms with van der Waals surface area (Å²) in [5, 5.41) is 8.67. The van der Waals surface area contributed by atoms with Crippen LogP contribution in [0.25, 0.3) is 10.2 Å². The fraction of sp³-hybridized carbons (Fsp3) is 0.500. The first-order valence-electron chi connectivity index (χ1n) is 9.59. The number of carbonyl (C=O) groups excluding carboxylic acids is 1. The largest absolute Gasteiger partial charge is 0.360 e. The second-order valence-electron chi connectivity index (χ2n) is 7.73. The highest BCUT2D eigenvalue weighted by molar-refractivity contribution is 8.00.